The molecule has 0 aliphatic carbocycles. The molecular weight excluding hydrogens is 234 g/mol. The highest BCUT2D eigenvalue weighted by Gasteiger charge is 2.09. The standard InChI is InChI=1S/C16H13N3/c17-10-13-5-4-8-16(9-13)19-12-15(11-18)14-6-2-1-3-7-14/h1-9,15,19H,12H2. The zero-order valence-corrected chi connectivity index (χ0v) is 10.4. The van der Waals surface area contributed by atoms with E-state index in [9.17, 15) is 5.26 Å². The largest absolute Gasteiger partial charge is 0.383 e. The van der Waals surface area contributed by atoms with Crippen molar-refractivity contribution in [3.8, 4) is 12.1 Å². The molecule has 1 unspecified atom stereocenters. The molecule has 92 valence electrons. The van der Waals surface area contributed by atoms with Gasteiger partial charge in [-0.3, -0.25) is 0 Å². The van der Waals surface area contributed by atoms with Crippen LogP contribution in [0.15, 0.2) is 54.6 Å². The summed E-state index contributed by atoms with van der Waals surface area (Å²) in [5, 5.41) is 21.2. The molecular formula is C16H13N3. The molecule has 0 bridgehead atoms. The molecule has 0 saturated carbocycles. The fourth-order valence-corrected chi connectivity index (χ4v) is 1.84. The number of anilines is 1. The zero-order chi connectivity index (χ0) is 13.5. The van der Waals surface area contributed by atoms with Crippen LogP contribution in [-0.4, -0.2) is 6.54 Å². The first-order valence-corrected chi connectivity index (χ1v) is 6.02. The lowest BCUT2D eigenvalue weighted by Gasteiger charge is -2.12. The molecule has 3 nitrogen and oxygen atoms in total. The minimum Gasteiger partial charge on any atom is -0.383 e. The van der Waals surface area contributed by atoms with Gasteiger partial charge in [0.2, 0.25) is 0 Å². The highest BCUT2D eigenvalue weighted by Crippen LogP contribution is 2.16. The van der Waals surface area contributed by atoms with Gasteiger partial charge in [-0.25, -0.2) is 0 Å². The summed E-state index contributed by atoms with van der Waals surface area (Å²) in [6, 6.07) is 21.3. The Morgan fingerprint density at radius 2 is 1.79 bits per heavy atom. The van der Waals surface area contributed by atoms with Crippen LogP contribution in [0.2, 0.25) is 0 Å². The summed E-state index contributed by atoms with van der Waals surface area (Å²) < 4.78 is 0. The lowest BCUT2D eigenvalue weighted by Crippen LogP contribution is -2.11. The second kappa shape index (κ2) is 6.23. The van der Waals surface area contributed by atoms with E-state index in [0.717, 1.165) is 11.3 Å². The van der Waals surface area contributed by atoms with Crippen LogP contribution in [0.4, 0.5) is 5.69 Å². The first-order chi connectivity index (χ1) is 9.33. The molecule has 2 aromatic rings. The van der Waals surface area contributed by atoms with Crippen molar-refractivity contribution in [2.75, 3.05) is 11.9 Å². The van der Waals surface area contributed by atoms with Crippen molar-refractivity contribution in [3.05, 3.63) is 65.7 Å². The maximum absolute atomic E-state index is 9.22. The van der Waals surface area contributed by atoms with E-state index in [1.54, 1.807) is 12.1 Å². The monoisotopic (exact) mass is 247 g/mol. The van der Waals surface area contributed by atoms with Crippen molar-refractivity contribution in [1.82, 2.24) is 0 Å². The Hall–Kier alpha value is -2.78. The van der Waals surface area contributed by atoms with E-state index >= 15 is 0 Å². The number of rotatable bonds is 4. The molecule has 0 radical (unpaired) electrons. The average Bonchev–Trinajstić information content (AvgIpc) is 2.49. The zero-order valence-electron chi connectivity index (χ0n) is 10.4. The topological polar surface area (TPSA) is 59.6 Å². The van der Waals surface area contributed by atoms with E-state index in [0.29, 0.717) is 12.1 Å². The van der Waals surface area contributed by atoms with Crippen LogP contribution < -0.4 is 5.32 Å². The van der Waals surface area contributed by atoms with Gasteiger partial charge in [-0.1, -0.05) is 36.4 Å². The first kappa shape index (κ1) is 12.7. The van der Waals surface area contributed by atoms with Gasteiger partial charge in [-0.2, -0.15) is 10.5 Å². The van der Waals surface area contributed by atoms with Crippen LogP contribution in [0.5, 0.6) is 0 Å². The Morgan fingerprint density at radius 3 is 2.47 bits per heavy atom. The Morgan fingerprint density at radius 1 is 1.00 bits per heavy atom. The van der Waals surface area contributed by atoms with Crippen molar-refractivity contribution >= 4 is 5.69 Å². The van der Waals surface area contributed by atoms with Gasteiger partial charge < -0.3 is 5.32 Å². The molecule has 0 saturated heterocycles. The summed E-state index contributed by atoms with van der Waals surface area (Å²) >= 11 is 0. The van der Waals surface area contributed by atoms with E-state index in [2.05, 4.69) is 17.5 Å². The maximum atomic E-state index is 9.22. The van der Waals surface area contributed by atoms with Gasteiger partial charge in [0.15, 0.2) is 0 Å². The number of hydrogen-bond donors (Lipinski definition) is 1. The quantitative estimate of drug-likeness (QED) is 0.901. The van der Waals surface area contributed by atoms with Crippen molar-refractivity contribution in [3.63, 3.8) is 0 Å². The Labute approximate surface area is 112 Å². The summed E-state index contributed by atoms with van der Waals surface area (Å²) in [5.74, 6) is -0.202. The number of nitriles is 2. The van der Waals surface area contributed by atoms with Crippen LogP contribution >= 0.6 is 0 Å². The van der Waals surface area contributed by atoms with E-state index in [1.165, 1.54) is 0 Å². The number of benzene rings is 2. The van der Waals surface area contributed by atoms with Gasteiger partial charge in [0.25, 0.3) is 0 Å². The smallest absolute Gasteiger partial charge is 0.0992 e. The third kappa shape index (κ3) is 3.34. The van der Waals surface area contributed by atoms with E-state index < -0.39 is 0 Å². The summed E-state index contributed by atoms with van der Waals surface area (Å²) in [5.41, 5.74) is 2.46. The molecule has 0 aliphatic heterocycles. The lowest BCUT2D eigenvalue weighted by atomic mass is 10.0. The Balaban J connectivity index is 2.05. The highest BCUT2D eigenvalue weighted by molar-refractivity contribution is 5.49. The molecule has 0 heterocycles. The summed E-state index contributed by atoms with van der Waals surface area (Å²) in [6.45, 7) is 0.523. The van der Waals surface area contributed by atoms with E-state index in [-0.39, 0.29) is 5.92 Å². The fraction of sp³-hybridized carbons (Fsp3) is 0.125. The molecule has 0 amide bonds. The van der Waals surface area contributed by atoms with Crippen molar-refractivity contribution in [2.24, 2.45) is 0 Å². The SMILES string of the molecule is N#Cc1cccc(NCC(C#N)c2ccccc2)c1. The minimum absolute atomic E-state index is 0.202. The van der Waals surface area contributed by atoms with Crippen LogP contribution in [-0.2, 0) is 0 Å². The molecule has 0 aliphatic rings. The van der Waals surface area contributed by atoms with E-state index in [4.69, 9.17) is 5.26 Å². The van der Waals surface area contributed by atoms with Gasteiger partial charge >= 0.3 is 0 Å². The summed E-state index contributed by atoms with van der Waals surface area (Å²) in [7, 11) is 0. The fourth-order valence-electron chi connectivity index (χ4n) is 1.84. The Bertz CT molecular complexity index is 620. The second-order valence-electron chi connectivity index (χ2n) is 4.17. The van der Waals surface area contributed by atoms with Crippen molar-refractivity contribution < 1.29 is 0 Å². The normalized spacial score (nSPS) is 11.1. The van der Waals surface area contributed by atoms with Crippen molar-refractivity contribution in [1.29, 1.82) is 10.5 Å². The van der Waals surface area contributed by atoms with Gasteiger partial charge in [0, 0.05) is 12.2 Å². The third-order valence-corrected chi connectivity index (χ3v) is 2.86. The molecule has 2 rings (SSSR count). The summed E-state index contributed by atoms with van der Waals surface area (Å²) in [4.78, 5) is 0. The number of nitrogens with one attached hydrogen (secondary N) is 1. The molecule has 0 spiro atoms. The average molecular weight is 247 g/mol. The lowest BCUT2D eigenvalue weighted by molar-refractivity contribution is 0.901. The molecule has 1 atom stereocenters. The van der Waals surface area contributed by atoms with Gasteiger partial charge in [0.1, 0.15) is 0 Å². The van der Waals surface area contributed by atoms with E-state index in [1.807, 2.05) is 42.5 Å². The maximum Gasteiger partial charge on any atom is 0.0992 e. The number of hydrogen-bond acceptors (Lipinski definition) is 3. The van der Waals surface area contributed by atoms with Crippen LogP contribution in [0.3, 0.4) is 0 Å². The minimum atomic E-state index is -0.202. The first-order valence-electron chi connectivity index (χ1n) is 6.02. The van der Waals surface area contributed by atoms with Crippen LogP contribution in [0.25, 0.3) is 0 Å². The summed E-state index contributed by atoms with van der Waals surface area (Å²) in [6.07, 6.45) is 0. The highest BCUT2D eigenvalue weighted by atomic mass is 14.9. The predicted molar refractivity (Wildman–Crippen MR) is 74.4 cm³/mol. The van der Waals surface area contributed by atoms with Gasteiger partial charge in [0.05, 0.1) is 23.6 Å². The van der Waals surface area contributed by atoms with Gasteiger partial charge in [-0.05, 0) is 23.8 Å². The Kier molecular flexibility index (Phi) is 4.16. The van der Waals surface area contributed by atoms with Crippen LogP contribution in [0, 0.1) is 22.7 Å². The molecule has 19 heavy (non-hydrogen) atoms. The molecule has 0 fully saturated rings. The molecule has 2 aromatic carbocycles. The molecule has 1 N–H and O–H groups in total. The molecule has 0 aromatic heterocycles. The third-order valence-electron chi connectivity index (χ3n) is 2.86. The number of nitrogens with zero attached hydrogens (tertiary/aromatic N) is 2. The van der Waals surface area contributed by atoms with Gasteiger partial charge in [-0.15, -0.1) is 0 Å². The molecule has 3 heteroatoms. The van der Waals surface area contributed by atoms with Crippen molar-refractivity contribution in [2.45, 2.75) is 5.92 Å². The second-order valence-corrected chi connectivity index (χ2v) is 4.17. The predicted octanol–water partition coefficient (Wildman–Crippen LogP) is 3.28. The van der Waals surface area contributed by atoms with Crippen LogP contribution in [0.1, 0.15) is 17.0 Å².